The predicted molar refractivity (Wildman–Crippen MR) is 110 cm³/mol. The van der Waals surface area contributed by atoms with E-state index in [2.05, 4.69) is 89.8 Å². The molecule has 1 aliphatic rings. The summed E-state index contributed by atoms with van der Waals surface area (Å²) in [5, 5.41) is 0. The highest BCUT2D eigenvalue weighted by Crippen LogP contribution is 2.29. The normalized spacial score (nSPS) is 15.8. The molecule has 0 atom stereocenters. The molecule has 0 amide bonds. The molecule has 0 bridgehead atoms. The minimum Gasteiger partial charge on any atom is -0.299 e. The summed E-state index contributed by atoms with van der Waals surface area (Å²) in [5.74, 6) is 0.798. The van der Waals surface area contributed by atoms with Gasteiger partial charge in [-0.3, -0.25) is 4.90 Å². The maximum atomic E-state index is 2.61. The van der Waals surface area contributed by atoms with Gasteiger partial charge in [-0.2, -0.15) is 0 Å². The number of hydrogen-bond acceptors (Lipinski definition) is 1. The molecule has 4 rings (SSSR count). The number of benzene rings is 3. The Kier molecular flexibility index (Phi) is 5.47. The quantitative estimate of drug-likeness (QED) is 0.566. The molecule has 1 saturated heterocycles. The molecule has 1 aliphatic heterocycles. The van der Waals surface area contributed by atoms with E-state index < -0.39 is 0 Å². The summed E-state index contributed by atoms with van der Waals surface area (Å²) >= 11 is 0. The number of likely N-dealkylation sites (tertiary alicyclic amines) is 1. The van der Waals surface area contributed by atoms with Crippen molar-refractivity contribution in [2.24, 2.45) is 5.92 Å². The Morgan fingerprint density at radius 2 is 1.31 bits per heavy atom. The van der Waals surface area contributed by atoms with Gasteiger partial charge in [0.05, 0.1) is 0 Å². The largest absolute Gasteiger partial charge is 0.299 e. The summed E-state index contributed by atoms with van der Waals surface area (Å²) in [6, 6.07) is 30.6. The van der Waals surface area contributed by atoms with Crippen LogP contribution in [0, 0.1) is 5.92 Å². The van der Waals surface area contributed by atoms with E-state index in [9.17, 15) is 0 Å². The molecule has 0 aliphatic carbocycles. The summed E-state index contributed by atoms with van der Waals surface area (Å²) in [5.41, 5.74) is 5.67. The second kappa shape index (κ2) is 8.33. The van der Waals surface area contributed by atoms with Crippen LogP contribution in [-0.4, -0.2) is 18.0 Å². The van der Waals surface area contributed by atoms with E-state index in [0.29, 0.717) is 0 Å². The Balaban J connectivity index is 1.38. The van der Waals surface area contributed by atoms with Crippen molar-refractivity contribution in [2.45, 2.75) is 25.8 Å². The van der Waals surface area contributed by atoms with Crippen molar-refractivity contribution in [3.8, 4) is 11.1 Å². The highest BCUT2D eigenvalue weighted by atomic mass is 15.1. The minimum atomic E-state index is 0.798. The third-order valence-corrected chi connectivity index (χ3v) is 5.57. The molecule has 3 aromatic carbocycles. The minimum absolute atomic E-state index is 0.798. The molecule has 0 aromatic heterocycles. The molecule has 3 aromatic rings. The number of rotatable bonds is 5. The van der Waals surface area contributed by atoms with E-state index in [4.69, 9.17) is 0 Å². The van der Waals surface area contributed by atoms with Gasteiger partial charge in [-0.05, 0) is 60.5 Å². The van der Waals surface area contributed by atoms with E-state index in [-0.39, 0.29) is 0 Å². The zero-order valence-corrected chi connectivity index (χ0v) is 15.4. The number of hydrogen-bond donors (Lipinski definition) is 0. The lowest BCUT2D eigenvalue weighted by molar-refractivity contribution is 0.177. The Bertz CT molecular complexity index is 802. The maximum Gasteiger partial charge on any atom is 0.0233 e. The predicted octanol–water partition coefficient (Wildman–Crippen LogP) is 5.81. The van der Waals surface area contributed by atoms with Gasteiger partial charge < -0.3 is 0 Å². The van der Waals surface area contributed by atoms with Gasteiger partial charge in [0.25, 0.3) is 0 Å². The zero-order chi connectivity index (χ0) is 17.6. The molecule has 0 unspecified atom stereocenters. The fourth-order valence-electron chi connectivity index (χ4n) is 4.10. The second-order valence-electron chi connectivity index (χ2n) is 7.43. The van der Waals surface area contributed by atoms with Crippen LogP contribution in [0.1, 0.15) is 24.0 Å². The van der Waals surface area contributed by atoms with Gasteiger partial charge in [0, 0.05) is 6.54 Å². The van der Waals surface area contributed by atoms with Crippen LogP contribution in [0.25, 0.3) is 11.1 Å². The van der Waals surface area contributed by atoms with Crippen molar-refractivity contribution in [1.29, 1.82) is 0 Å². The van der Waals surface area contributed by atoms with E-state index >= 15 is 0 Å². The summed E-state index contributed by atoms with van der Waals surface area (Å²) in [7, 11) is 0. The molecular formula is C25H27N. The highest BCUT2D eigenvalue weighted by molar-refractivity contribution is 5.67. The molecule has 132 valence electrons. The first-order chi connectivity index (χ1) is 12.9. The van der Waals surface area contributed by atoms with Crippen LogP contribution in [-0.2, 0) is 13.0 Å². The third kappa shape index (κ3) is 4.23. The monoisotopic (exact) mass is 341 g/mol. The first kappa shape index (κ1) is 17.1. The standard InChI is InChI=1S/C25H27N/c1-3-9-22(10-4-1)20-26-17-15-21(16-18-26)19-24-13-7-8-14-25(24)23-11-5-2-6-12-23/h1-14,21H,15-20H2. The lowest BCUT2D eigenvalue weighted by Gasteiger charge is -2.32. The maximum absolute atomic E-state index is 2.61. The average molecular weight is 341 g/mol. The van der Waals surface area contributed by atoms with Crippen LogP contribution in [0.2, 0.25) is 0 Å². The van der Waals surface area contributed by atoms with Crippen LogP contribution < -0.4 is 0 Å². The van der Waals surface area contributed by atoms with E-state index in [0.717, 1.165) is 12.5 Å². The Hall–Kier alpha value is -2.38. The van der Waals surface area contributed by atoms with Crippen LogP contribution in [0.3, 0.4) is 0 Å². The lowest BCUT2D eigenvalue weighted by atomic mass is 9.87. The van der Waals surface area contributed by atoms with Crippen LogP contribution in [0.15, 0.2) is 84.9 Å². The topological polar surface area (TPSA) is 3.24 Å². The van der Waals surface area contributed by atoms with Crippen molar-refractivity contribution >= 4 is 0 Å². The fourth-order valence-corrected chi connectivity index (χ4v) is 4.10. The van der Waals surface area contributed by atoms with Gasteiger partial charge in [0.2, 0.25) is 0 Å². The van der Waals surface area contributed by atoms with Crippen molar-refractivity contribution in [3.05, 3.63) is 96.1 Å². The zero-order valence-electron chi connectivity index (χ0n) is 15.4. The van der Waals surface area contributed by atoms with Crippen LogP contribution in [0.4, 0.5) is 0 Å². The van der Waals surface area contributed by atoms with Crippen LogP contribution >= 0.6 is 0 Å². The molecule has 1 heteroatoms. The third-order valence-electron chi connectivity index (χ3n) is 5.57. The first-order valence-electron chi connectivity index (χ1n) is 9.78. The molecule has 0 radical (unpaired) electrons. The molecule has 26 heavy (non-hydrogen) atoms. The van der Waals surface area contributed by atoms with E-state index in [1.54, 1.807) is 0 Å². The molecular weight excluding hydrogens is 314 g/mol. The fraction of sp³-hybridized carbons (Fsp3) is 0.280. The van der Waals surface area contributed by atoms with Crippen molar-refractivity contribution in [3.63, 3.8) is 0 Å². The average Bonchev–Trinajstić information content (AvgIpc) is 2.71. The SMILES string of the molecule is c1ccc(CN2CCC(Cc3ccccc3-c3ccccc3)CC2)cc1. The van der Waals surface area contributed by atoms with Crippen LogP contribution in [0.5, 0.6) is 0 Å². The van der Waals surface area contributed by atoms with Gasteiger partial charge >= 0.3 is 0 Å². The molecule has 1 nitrogen and oxygen atoms in total. The molecule has 1 heterocycles. The lowest BCUT2D eigenvalue weighted by Crippen LogP contribution is -2.33. The second-order valence-corrected chi connectivity index (χ2v) is 7.43. The van der Waals surface area contributed by atoms with Gasteiger partial charge in [-0.15, -0.1) is 0 Å². The van der Waals surface area contributed by atoms with E-state index in [1.807, 2.05) is 0 Å². The highest BCUT2D eigenvalue weighted by Gasteiger charge is 2.20. The van der Waals surface area contributed by atoms with Gasteiger partial charge in [-0.25, -0.2) is 0 Å². The van der Waals surface area contributed by atoms with E-state index in [1.165, 1.54) is 54.6 Å². The van der Waals surface area contributed by atoms with Gasteiger partial charge in [0.1, 0.15) is 0 Å². The Labute approximate surface area is 157 Å². The van der Waals surface area contributed by atoms with Gasteiger partial charge in [-0.1, -0.05) is 84.9 Å². The van der Waals surface area contributed by atoms with Crippen molar-refractivity contribution in [2.75, 3.05) is 13.1 Å². The molecule has 1 fully saturated rings. The Morgan fingerprint density at radius 1 is 0.692 bits per heavy atom. The summed E-state index contributed by atoms with van der Waals surface area (Å²) in [4.78, 5) is 2.61. The molecule has 0 spiro atoms. The first-order valence-corrected chi connectivity index (χ1v) is 9.78. The molecule has 0 N–H and O–H groups in total. The summed E-state index contributed by atoms with van der Waals surface area (Å²) < 4.78 is 0. The van der Waals surface area contributed by atoms with Crippen molar-refractivity contribution < 1.29 is 0 Å². The van der Waals surface area contributed by atoms with Crippen molar-refractivity contribution in [1.82, 2.24) is 4.90 Å². The smallest absolute Gasteiger partial charge is 0.0233 e. The number of piperidine rings is 1. The Morgan fingerprint density at radius 3 is 2.04 bits per heavy atom. The molecule has 0 saturated carbocycles. The summed E-state index contributed by atoms with van der Waals surface area (Å²) in [6.07, 6.45) is 3.80. The summed E-state index contributed by atoms with van der Waals surface area (Å²) in [6.45, 7) is 3.52. The number of nitrogens with zero attached hydrogens (tertiary/aromatic N) is 1. The van der Waals surface area contributed by atoms with Gasteiger partial charge in [0.15, 0.2) is 0 Å².